The van der Waals surface area contributed by atoms with Crippen LogP contribution in [0.2, 0.25) is 0 Å². The zero-order valence-electron chi connectivity index (χ0n) is 10.5. The average Bonchev–Trinajstić information content (AvgIpc) is 2.77. The highest BCUT2D eigenvalue weighted by molar-refractivity contribution is 5.85. The predicted molar refractivity (Wildman–Crippen MR) is 70.5 cm³/mol. The van der Waals surface area contributed by atoms with Crippen LogP contribution in [0.3, 0.4) is 0 Å². The SMILES string of the molecule is Cc1c(C2CCOCC2)[nH]c2ccc(C#N)cc12. The van der Waals surface area contributed by atoms with Gasteiger partial charge in [0.2, 0.25) is 0 Å². The van der Waals surface area contributed by atoms with Gasteiger partial charge in [0, 0.05) is 35.7 Å². The molecule has 0 aliphatic carbocycles. The fourth-order valence-electron chi connectivity index (χ4n) is 2.81. The van der Waals surface area contributed by atoms with Crippen molar-refractivity contribution in [1.82, 2.24) is 4.98 Å². The van der Waals surface area contributed by atoms with E-state index in [0.717, 1.165) is 37.1 Å². The maximum Gasteiger partial charge on any atom is 0.0991 e. The lowest BCUT2D eigenvalue weighted by atomic mass is 9.93. The molecule has 0 radical (unpaired) electrons. The lowest BCUT2D eigenvalue weighted by Crippen LogP contribution is -2.14. The number of ether oxygens (including phenoxy) is 1. The molecule has 1 N–H and O–H groups in total. The van der Waals surface area contributed by atoms with Gasteiger partial charge in [-0.15, -0.1) is 0 Å². The monoisotopic (exact) mass is 240 g/mol. The molecule has 92 valence electrons. The van der Waals surface area contributed by atoms with Gasteiger partial charge >= 0.3 is 0 Å². The molecular formula is C15H16N2O. The maximum absolute atomic E-state index is 8.97. The van der Waals surface area contributed by atoms with Gasteiger partial charge in [-0.05, 0) is 43.5 Å². The Labute approximate surface area is 106 Å². The molecule has 0 saturated carbocycles. The van der Waals surface area contributed by atoms with E-state index < -0.39 is 0 Å². The highest BCUT2D eigenvalue weighted by atomic mass is 16.5. The summed E-state index contributed by atoms with van der Waals surface area (Å²) < 4.78 is 5.41. The molecular weight excluding hydrogens is 224 g/mol. The number of hydrogen-bond acceptors (Lipinski definition) is 2. The van der Waals surface area contributed by atoms with Crippen LogP contribution in [-0.4, -0.2) is 18.2 Å². The zero-order valence-corrected chi connectivity index (χ0v) is 10.5. The summed E-state index contributed by atoms with van der Waals surface area (Å²) in [5.41, 5.74) is 4.47. The van der Waals surface area contributed by atoms with Crippen LogP contribution < -0.4 is 0 Å². The van der Waals surface area contributed by atoms with Crippen molar-refractivity contribution in [2.75, 3.05) is 13.2 Å². The van der Waals surface area contributed by atoms with Gasteiger partial charge in [0.05, 0.1) is 11.6 Å². The van der Waals surface area contributed by atoms with Gasteiger partial charge in [-0.25, -0.2) is 0 Å². The molecule has 1 aliphatic rings. The molecule has 1 fully saturated rings. The second kappa shape index (κ2) is 4.47. The van der Waals surface area contributed by atoms with Gasteiger partial charge in [-0.3, -0.25) is 0 Å². The van der Waals surface area contributed by atoms with Crippen molar-refractivity contribution >= 4 is 10.9 Å². The van der Waals surface area contributed by atoms with Crippen molar-refractivity contribution in [3.05, 3.63) is 35.0 Å². The minimum atomic E-state index is 0.566. The molecule has 0 atom stereocenters. The summed E-state index contributed by atoms with van der Waals surface area (Å²) in [5, 5.41) is 10.1. The van der Waals surface area contributed by atoms with E-state index in [1.165, 1.54) is 16.6 Å². The molecule has 3 nitrogen and oxygen atoms in total. The number of hydrogen-bond donors (Lipinski definition) is 1. The lowest BCUT2D eigenvalue weighted by Gasteiger charge is -2.21. The van der Waals surface area contributed by atoms with E-state index >= 15 is 0 Å². The number of rotatable bonds is 1. The van der Waals surface area contributed by atoms with Crippen molar-refractivity contribution in [3.8, 4) is 6.07 Å². The summed E-state index contributed by atoms with van der Waals surface area (Å²) in [6.07, 6.45) is 2.16. The Kier molecular flexibility index (Phi) is 2.81. The topological polar surface area (TPSA) is 48.8 Å². The summed E-state index contributed by atoms with van der Waals surface area (Å²) in [6.45, 7) is 3.84. The Bertz CT molecular complexity index is 615. The predicted octanol–water partition coefficient (Wildman–Crippen LogP) is 3.24. The van der Waals surface area contributed by atoms with Crippen molar-refractivity contribution in [2.24, 2.45) is 0 Å². The summed E-state index contributed by atoms with van der Waals surface area (Å²) in [7, 11) is 0. The van der Waals surface area contributed by atoms with Crippen LogP contribution in [0.25, 0.3) is 10.9 Å². The van der Waals surface area contributed by atoms with E-state index in [9.17, 15) is 0 Å². The van der Waals surface area contributed by atoms with Gasteiger partial charge in [0.25, 0.3) is 0 Å². The number of nitrogens with zero attached hydrogens (tertiary/aromatic N) is 1. The van der Waals surface area contributed by atoms with Gasteiger partial charge < -0.3 is 9.72 Å². The quantitative estimate of drug-likeness (QED) is 0.831. The van der Waals surface area contributed by atoms with Gasteiger partial charge in [0.1, 0.15) is 0 Å². The Morgan fingerprint density at radius 2 is 2.11 bits per heavy atom. The van der Waals surface area contributed by atoms with Gasteiger partial charge in [-0.2, -0.15) is 5.26 Å². The standard InChI is InChI=1S/C15H16N2O/c1-10-13-8-11(9-16)2-3-14(13)17-15(10)12-4-6-18-7-5-12/h2-3,8,12,17H,4-7H2,1H3. The molecule has 1 aliphatic heterocycles. The lowest BCUT2D eigenvalue weighted by molar-refractivity contribution is 0.0845. The maximum atomic E-state index is 8.97. The second-order valence-electron chi connectivity index (χ2n) is 4.92. The Morgan fingerprint density at radius 3 is 2.83 bits per heavy atom. The van der Waals surface area contributed by atoms with Crippen LogP contribution >= 0.6 is 0 Å². The van der Waals surface area contributed by atoms with E-state index in [1.807, 2.05) is 18.2 Å². The number of aromatic nitrogens is 1. The molecule has 18 heavy (non-hydrogen) atoms. The van der Waals surface area contributed by atoms with Gasteiger partial charge in [-0.1, -0.05) is 0 Å². The van der Waals surface area contributed by atoms with Crippen molar-refractivity contribution in [3.63, 3.8) is 0 Å². The Morgan fingerprint density at radius 1 is 1.33 bits per heavy atom. The van der Waals surface area contributed by atoms with Crippen molar-refractivity contribution in [2.45, 2.75) is 25.7 Å². The van der Waals surface area contributed by atoms with Crippen LogP contribution in [0.5, 0.6) is 0 Å². The summed E-state index contributed by atoms with van der Waals surface area (Å²) in [4.78, 5) is 3.52. The van der Waals surface area contributed by atoms with Crippen LogP contribution in [0.1, 0.15) is 35.6 Å². The van der Waals surface area contributed by atoms with E-state index in [1.54, 1.807) is 0 Å². The second-order valence-corrected chi connectivity index (χ2v) is 4.92. The largest absolute Gasteiger partial charge is 0.381 e. The average molecular weight is 240 g/mol. The van der Waals surface area contributed by atoms with Crippen LogP contribution in [0, 0.1) is 18.3 Å². The third-order valence-electron chi connectivity index (χ3n) is 3.86. The molecule has 1 saturated heterocycles. The van der Waals surface area contributed by atoms with Crippen molar-refractivity contribution < 1.29 is 4.74 Å². The third-order valence-corrected chi connectivity index (χ3v) is 3.86. The first-order valence-electron chi connectivity index (χ1n) is 6.39. The number of fused-ring (bicyclic) bond motifs is 1. The van der Waals surface area contributed by atoms with Gasteiger partial charge in [0.15, 0.2) is 0 Å². The molecule has 3 rings (SSSR count). The van der Waals surface area contributed by atoms with Crippen molar-refractivity contribution in [1.29, 1.82) is 5.26 Å². The molecule has 0 unspecified atom stereocenters. The molecule has 1 aromatic heterocycles. The van der Waals surface area contributed by atoms with E-state index in [2.05, 4.69) is 18.0 Å². The van der Waals surface area contributed by atoms with Crippen LogP contribution in [-0.2, 0) is 4.74 Å². The molecule has 2 aromatic rings. The Balaban J connectivity index is 2.08. The number of H-pyrrole nitrogens is 1. The van der Waals surface area contributed by atoms with E-state index in [-0.39, 0.29) is 0 Å². The van der Waals surface area contributed by atoms with E-state index in [0.29, 0.717) is 5.92 Å². The number of nitriles is 1. The molecule has 1 aromatic carbocycles. The number of nitrogens with one attached hydrogen (secondary N) is 1. The normalized spacial score (nSPS) is 16.9. The first-order chi connectivity index (χ1) is 8.79. The van der Waals surface area contributed by atoms with Crippen LogP contribution in [0.15, 0.2) is 18.2 Å². The smallest absolute Gasteiger partial charge is 0.0991 e. The number of aromatic amines is 1. The molecule has 0 spiro atoms. The molecule has 2 heterocycles. The fraction of sp³-hybridized carbons (Fsp3) is 0.400. The third kappa shape index (κ3) is 1.79. The fourth-order valence-corrected chi connectivity index (χ4v) is 2.81. The Hall–Kier alpha value is -1.79. The minimum absolute atomic E-state index is 0.566. The van der Waals surface area contributed by atoms with Crippen LogP contribution in [0.4, 0.5) is 0 Å². The molecule has 0 amide bonds. The zero-order chi connectivity index (χ0) is 12.5. The first-order valence-corrected chi connectivity index (χ1v) is 6.39. The summed E-state index contributed by atoms with van der Waals surface area (Å²) in [6, 6.07) is 8.05. The number of aryl methyl sites for hydroxylation is 1. The highest BCUT2D eigenvalue weighted by Crippen LogP contribution is 2.33. The molecule has 3 heteroatoms. The molecule has 0 bridgehead atoms. The van der Waals surface area contributed by atoms with E-state index in [4.69, 9.17) is 10.00 Å². The number of benzene rings is 1. The minimum Gasteiger partial charge on any atom is -0.381 e. The highest BCUT2D eigenvalue weighted by Gasteiger charge is 2.20. The summed E-state index contributed by atoms with van der Waals surface area (Å²) in [5.74, 6) is 0.566. The summed E-state index contributed by atoms with van der Waals surface area (Å²) >= 11 is 0. The first kappa shape index (κ1) is 11.3.